The molecule has 0 N–H and O–H groups in total. The lowest BCUT2D eigenvalue weighted by atomic mass is 9.82. The average Bonchev–Trinajstić information content (AvgIpc) is 3.98. The molecule has 0 fully saturated rings. The van der Waals surface area contributed by atoms with Crippen molar-refractivity contribution in [2.45, 2.75) is 74.7 Å². The van der Waals surface area contributed by atoms with Crippen molar-refractivity contribution in [2.24, 2.45) is 11.8 Å². The molecule has 59 heavy (non-hydrogen) atoms. The van der Waals surface area contributed by atoms with Gasteiger partial charge in [0.25, 0.3) is 0 Å². The minimum absolute atomic E-state index is 0.198. The van der Waals surface area contributed by atoms with Crippen LogP contribution in [0.3, 0.4) is 0 Å². The number of anilines is 4. The van der Waals surface area contributed by atoms with E-state index in [9.17, 15) is 0 Å². The number of para-hydroxylation sites is 2. The van der Waals surface area contributed by atoms with Crippen LogP contribution in [0.4, 0.5) is 22.7 Å². The first-order valence-corrected chi connectivity index (χ1v) is 23.6. The maximum atomic E-state index is 2.71. The molecule has 292 valence electrons. The SMILES string of the molecule is C1=CC2C3=C(CCc4c3sc3c4C=CCC3)N(C3=CCC(N(c4ccccc4)c4ccc(N(c5ccccc5)C5CC=CC6C7=C(C=CCC7)SC65)cc4)C=C3)C2C=C1. The molecular formula is C54H49N3S2. The van der Waals surface area contributed by atoms with Crippen LogP contribution in [-0.4, -0.2) is 28.3 Å². The average molecular weight is 804 g/mol. The number of thiophene rings is 1. The fourth-order valence-corrected chi connectivity index (χ4v) is 14.4. The number of hydrogen-bond donors (Lipinski definition) is 0. The smallest absolute Gasteiger partial charge is 0.0626 e. The van der Waals surface area contributed by atoms with Gasteiger partial charge in [0.2, 0.25) is 0 Å². The van der Waals surface area contributed by atoms with Gasteiger partial charge < -0.3 is 14.7 Å². The molecule has 12 rings (SSSR count). The molecule has 0 spiro atoms. The van der Waals surface area contributed by atoms with Crippen LogP contribution >= 0.6 is 23.1 Å². The van der Waals surface area contributed by atoms with E-state index in [0.29, 0.717) is 29.2 Å². The Bertz CT molecular complexity index is 2580. The minimum atomic E-state index is 0.198. The topological polar surface area (TPSA) is 9.72 Å². The van der Waals surface area contributed by atoms with Gasteiger partial charge in [-0.1, -0.05) is 109 Å². The zero-order valence-electron chi connectivity index (χ0n) is 33.4. The minimum Gasteiger partial charge on any atom is -0.337 e. The van der Waals surface area contributed by atoms with Gasteiger partial charge >= 0.3 is 0 Å². The molecule has 6 aliphatic carbocycles. The quantitative estimate of drug-likeness (QED) is 0.172. The first-order valence-electron chi connectivity index (χ1n) is 21.9. The van der Waals surface area contributed by atoms with E-state index in [0.717, 1.165) is 25.7 Å². The summed E-state index contributed by atoms with van der Waals surface area (Å²) in [5.74, 6) is 0.920. The van der Waals surface area contributed by atoms with Crippen LogP contribution in [0.15, 0.2) is 180 Å². The number of benzene rings is 3. The van der Waals surface area contributed by atoms with Gasteiger partial charge in [0.15, 0.2) is 0 Å². The summed E-state index contributed by atoms with van der Waals surface area (Å²) in [6.07, 6.45) is 40.4. The molecule has 0 saturated carbocycles. The summed E-state index contributed by atoms with van der Waals surface area (Å²) in [6, 6.07) is 32.5. The van der Waals surface area contributed by atoms with Crippen molar-refractivity contribution in [3.8, 4) is 0 Å². The standard InChI is InChI=1S/C54H49N3S2/c1-3-14-36(15-4-1)55(38-26-30-40(31-27-38)56(37-16-5-2-6-17-37)49-23-13-21-44-42-18-8-11-24-50(42)58-53(44)49)39-28-32-41(33-29-39)57-47-22-10-7-20-46(47)52-48(57)35-34-45-43-19-9-12-25-51(43)59-54(45)52/h1-7,9-11,13-17,19-22,24,26-28,30-33,39,44,46-47,49,53H,8,12,18,23,25,29,34-35H2. The molecular weight excluding hydrogens is 755 g/mol. The fraction of sp³-hybridized carbons (Fsp3) is 0.259. The first kappa shape index (κ1) is 35.7. The highest BCUT2D eigenvalue weighted by molar-refractivity contribution is 8.04. The van der Waals surface area contributed by atoms with Gasteiger partial charge in [0.1, 0.15) is 0 Å². The summed E-state index contributed by atoms with van der Waals surface area (Å²) < 4.78 is 0. The van der Waals surface area contributed by atoms with E-state index in [1.807, 2.05) is 0 Å². The molecule has 3 heterocycles. The molecule has 3 nitrogen and oxygen atoms in total. The number of aryl methyl sites for hydroxylation is 1. The van der Waals surface area contributed by atoms with Crippen molar-refractivity contribution in [1.29, 1.82) is 0 Å². The number of allylic oxidation sites excluding steroid dienone is 9. The Morgan fingerprint density at radius 3 is 2.14 bits per heavy atom. The molecule has 6 unspecified atom stereocenters. The van der Waals surface area contributed by atoms with Gasteiger partial charge in [-0.3, -0.25) is 0 Å². The van der Waals surface area contributed by atoms with E-state index in [2.05, 4.69) is 202 Å². The second-order valence-electron chi connectivity index (χ2n) is 17.1. The second kappa shape index (κ2) is 14.8. The molecule has 6 atom stereocenters. The van der Waals surface area contributed by atoms with Crippen molar-refractivity contribution in [2.75, 3.05) is 9.80 Å². The largest absolute Gasteiger partial charge is 0.337 e. The number of nitrogens with zero attached hydrogens (tertiary/aromatic N) is 3. The third kappa shape index (κ3) is 5.98. The van der Waals surface area contributed by atoms with E-state index in [4.69, 9.17) is 0 Å². The van der Waals surface area contributed by atoms with Crippen LogP contribution < -0.4 is 9.80 Å². The van der Waals surface area contributed by atoms with Gasteiger partial charge in [-0.25, -0.2) is 0 Å². The van der Waals surface area contributed by atoms with Crippen LogP contribution in [0.1, 0.15) is 59.4 Å². The zero-order chi connectivity index (χ0) is 38.9. The molecule has 0 bridgehead atoms. The summed E-state index contributed by atoms with van der Waals surface area (Å²) in [7, 11) is 0. The Balaban J connectivity index is 0.856. The molecule has 1 aromatic heterocycles. The Morgan fingerprint density at radius 1 is 0.610 bits per heavy atom. The van der Waals surface area contributed by atoms with Crippen LogP contribution in [0.25, 0.3) is 11.6 Å². The van der Waals surface area contributed by atoms with E-state index in [1.54, 1.807) is 32.2 Å². The van der Waals surface area contributed by atoms with E-state index >= 15 is 0 Å². The highest BCUT2D eigenvalue weighted by atomic mass is 32.2. The number of rotatable bonds is 7. The summed E-state index contributed by atoms with van der Waals surface area (Å²) in [6.45, 7) is 0. The molecule has 0 saturated heterocycles. The molecule has 0 amide bonds. The van der Waals surface area contributed by atoms with Gasteiger partial charge in [0.05, 0.1) is 18.1 Å². The van der Waals surface area contributed by atoms with Crippen molar-refractivity contribution < 1.29 is 0 Å². The predicted molar refractivity (Wildman–Crippen MR) is 251 cm³/mol. The summed E-state index contributed by atoms with van der Waals surface area (Å²) in [5, 5.41) is 0.503. The van der Waals surface area contributed by atoms with Crippen molar-refractivity contribution >= 4 is 57.5 Å². The second-order valence-corrected chi connectivity index (χ2v) is 19.4. The highest BCUT2D eigenvalue weighted by Gasteiger charge is 2.45. The Labute approximate surface area is 357 Å². The van der Waals surface area contributed by atoms with Crippen molar-refractivity contribution in [3.05, 3.63) is 201 Å². The molecule has 0 radical (unpaired) electrons. The zero-order valence-corrected chi connectivity index (χ0v) is 35.0. The van der Waals surface area contributed by atoms with Crippen molar-refractivity contribution in [1.82, 2.24) is 4.90 Å². The summed E-state index contributed by atoms with van der Waals surface area (Å²) in [4.78, 5) is 12.6. The van der Waals surface area contributed by atoms with Crippen LogP contribution in [0, 0.1) is 11.8 Å². The number of thioether (sulfide) groups is 1. The predicted octanol–water partition coefficient (Wildman–Crippen LogP) is 13.6. The molecule has 2 aliphatic heterocycles. The molecule has 5 heteroatoms. The lowest BCUT2D eigenvalue weighted by molar-refractivity contribution is 0.362. The van der Waals surface area contributed by atoms with E-state index < -0.39 is 0 Å². The van der Waals surface area contributed by atoms with Crippen molar-refractivity contribution in [3.63, 3.8) is 0 Å². The molecule has 4 aromatic rings. The van der Waals surface area contributed by atoms with Gasteiger partial charge in [-0.2, -0.15) is 0 Å². The Hall–Kier alpha value is -5.23. The normalized spacial score (nSPS) is 26.9. The fourth-order valence-electron chi connectivity index (χ4n) is 11.3. The lowest BCUT2D eigenvalue weighted by Crippen LogP contribution is -2.43. The summed E-state index contributed by atoms with van der Waals surface area (Å²) >= 11 is 4.20. The van der Waals surface area contributed by atoms with Gasteiger partial charge in [-0.15, -0.1) is 23.1 Å². The Morgan fingerprint density at radius 2 is 1.34 bits per heavy atom. The van der Waals surface area contributed by atoms with Gasteiger partial charge in [-0.05, 0) is 128 Å². The maximum absolute atomic E-state index is 2.71. The van der Waals surface area contributed by atoms with Crippen LogP contribution in [0.2, 0.25) is 0 Å². The van der Waals surface area contributed by atoms with E-state index in [-0.39, 0.29) is 6.04 Å². The lowest BCUT2D eigenvalue weighted by Gasteiger charge is -2.41. The number of fused-ring (bicyclic) bond motifs is 8. The van der Waals surface area contributed by atoms with Gasteiger partial charge in [0, 0.05) is 65.9 Å². The molecule has 8 aliphatic rings. The number of hydrogen-bond acceptors (Lipinski definition) is 5. The third-order valence-corrected chi connectivity index (χ3v) is 16.8. The van der Waals surface area contributed by atoms with E-state index in [1.165, 1.54) is 64.6 Å². The van der Waals surface area contributed by atoms with Crippen LogP contribution in [0.5, 0.6) is 0 Å². The maximum Gasteiger partial charge on any atom is 0.0626 e. The first-order chi connectivity index (χ1) is 29.3. The van der Waals surface area contributed by atoms with Crippen LogP contribution in [-0.2, 0) is 12.8 Å². The monoisotopic (exact) mass is 803 g/mol. The molecule has 3 aromatic carbocycles. The summed E-state index contributed by atoms with van der Waals surface area (Å²) in [5.41, 5.74) is 14.3. The third-order valence-electron chi connectivity index (χ3n) is 13.9. The highest BCUT2D eigenvalue weighted by Crippen LogP contribution is 2.55. The Kier molecular flexibility index (Phi) is 8.95.